The molecule has 20 heavy (non-hydrogen) atoms. The van der Waals surface area contributed by atoms with Crippen molar-refractivity contribution in [3.63, 3.8) is 0 Å². The van der Waals surface area contributed by atoms with Crippen molar-refractivity contribution < 1.29 is 4.39 Å². The van der Waals surface area contributed by atoms with Gasteiger partial charge in [-0.25, -0.2) is 9.37 Å². The van der Waals surface area contributed by atoms with Gasteiger partial charge in [-0.3, -0.25) is 0 Å². The fraction of sp³-hybridized carbons (Fsp3) is 0.133. The van der Waals surface area contributed by atoms with E-state index in [0.29, 0.717) is 13.1 Å². The molecule has 2 N–H and O–H groups in total. The van der Waals surface area contributed by atoms with Gasteiger partial charge in [0.1, 0.15) is 11.5 Å². The zero-order valence-electron chi connectivity index (χ0n) is 10.7. The number of hydrogen-bond acceptors (Lipinski definition) is 2. The largest absolute Gasteiger partial charge is 0.328 e. The smallest absolute Gasteiger partial charge is 0.140 e. The summed E-state index contributed by atoms with van der Waals surface area (Å²) >= 11 is 3.31. The zero-order chi connectivity index (χ0) is 14.1. The number of rotatable bonds is 3. The third-order valence-corrected chi connectivity index (χ3v) is 3.67. The van der Waals surface area contributed by atoms with Gasteiger partial charge in [0.2, 0.25) is 0 Å². The monoisotopic (exact) mass is 333 g/mol. The van der Waals surface area contributed by atoms with Crippen LogP contribution in [0.25, 0.3) is 11.0 Å². The third-order valence-electron chi connectivity index (χ3n) is 3.21. The van der Waals surface area contributed by atoms with E-state index in [1.807, 2.05) is 29.0 Å². The summed E-state index contributed by atoms with van der Waals surface area (Å²) in [6.45, 7) is 1.02. The van der Waals surface area contributed by atoms with Crippen LogP contribution in [-0.4, -0.2) is 9.55 Å². The molecule has 0 radical (unpaired) electrons. The molecule has 102 valence electrons. The Morgan fingerprint density at radius 1 is 1.30 bits per heavy atom. The van der Waals surface area contributed by atoms with Gasteiger partial charge in [-0.1, -0.05) is 15.9 Å². The summed E-state index contributed by atoms with van der Waals surface area (Å²) < 4.78 is 16.2. The molecule has 2 heterocycles. The minimum Gasteiger partial charge on any atom is -0.328 e. The van der Waals surface area contributed by atoms with Gasteiger partial charge < -0.3 is 10.3 Å². The van der Waals surface area contributed by atoms with Crippen molar-refractivity contribution in [2.24, 2.45) is 5.73 Å². The molecule has 3 nitrogen and oxygen atoms in total. The van der Waals surface area contributed by atoms with E-state index in [4.69, 9.17) is 5.73 Å². The Labute approximate surface area is 124 Å². The maximum absolute atomic E-state index is 13.4. The van der Waals surface area contributed by atoms with Gasteiger partial charge in [0.05, 0.1) is 0 Å². The molecule has 1 aromatic carbocycles. The van der Waals surface area contributed by atoms with E-state index in [9.17, 15) is 4.39 Å². The lowest BCUT2D eigenvalue weighted by Gasteiger charge is -2.06. The van der Waals surface area contributed by atoms with Crippen LogP contribution in [0.15, 0.2) is 47.2 Å². The van der Waals surface area contributed by atoms with E-state index < -0.39 is 0 Å². The summed E-state index contributed by atoms with van der Waals surface area (Å²) in [6.07, 6.45) is 3.73. The predicted octanol–water partition coefficient (Wildman–Crippen LogP) is 3.44. The van der Waals surface area contributed by atoms with E-state index in [1.54, 1.807) is 6.20 Å². The molecule has 2 aromatic heterocycles. The summed E-state index contributed by atoms with van der Waals surface area (Å²) in [5.74, 6) is -0.252. The van der Waals surface area contributed by atoms with E-state index >= 15 is 0 Å². The first-order valence-corrected chi connectivity index (χ1v) is 7.04. The molecule has 5 heteroatoms. The van der Waals surface area contributed by atoms with Gasteiger partial charge >= 0.3 is 0 Å². The van der Waals surface area contributed by atoms with Crippen LogP contribution in [0.2, 0.25) is 0 Å². The van der Waals surface area contributed by atoms with Gasteiger partial charge in [0.15, 0.2) is 0 Å². The Morgan fingerprint density at radius 3 is 2.90 bits per heavy atom. The highest BCUT2D eigenvalue weighted by atomic mass is 79.9. The predicted molar refractivity (Wildman–Crippen MR) is 80.8 cm³/mol. The molecule has 0 atom stereocenters. The van der Waals surface area contributed by atoms with Crippen LogP contribution in [0.1, 0.15) is 11.1 Å². The van der Waals surface area contributed by atoms with Crippen LogP contribution in [0.5, 0.6) is 0 Å². The standard InChI is InChI=1S/C15H13BrFN3/c16-12-4-10(5-13(17)6-12)8-20-9-11(7-18)14-2-1-3-19-15(14)20/h1-6,9H,7-8,18H2. The summed E-state index contributed by atoms with van der Waals surface area (Å²) in [7, 11) is 0. The number of fused-ring (bicyclic) bond motifs is 1. The van der Waals surface area contributed by atoms with Gasteiger partial charge in [0.25, 0.3) is 0 Å². The molecule has 3 rings (SSSR count). The zero-order valence-corrected chi connectivity index (χ0v) is 12.3. The molecule has 0 spiro atoms. The topological polar surface area (TPSA) is 43.8 Å². The van der Waals surface area contributed by atoms with Crippen molar-refractivity contribution in [1.29, 1.82) is 0 Å². The number of aromatic nitrogens is 2. The first kappa shape index (κ1) is 13.3. The number of nitrogens with zero attached hydrogens (tertiary/aromatic N) is 2. The van der Waals surface area contributed by atoms with E-state index in [0.717, 1.165) is 26.6 Å². The van der Waals surface area contributed by atoms with Crippen molar-refractivity contribution in [3.8, 4) is 0 Å². The normalized spacial score (nSPS) is 11.2. The molecule has 3 aromatic rings. The molecule has 0 amide bonds. The fourth-order valence-electron chi connectivity index (χ4n) is 2.38. The molecule has 0 saturated carbocycles. The average molecular weight is 334 g/mol. The second-order valence-corrected chi connectivity index (χ2v) is 5.55. The van der Waals surface area contributed by atoms with Gasteiger partial charge in [-0.05, 0) is 41.5 Å². The molecular formula is C15H13BrFN3. The third kappa shape index (κ3) is 2.46. The number of benzene rings is 1. The first-order valence-electron chi connectivity index (χ1n) is 6.25. The SMILES string of the molecule is NCc1cn(Cc2cc(F)cc(Br)c2)c2ncccc12. The molecule has 0 unspecified atom stereocenters. The number of hydrogen-bond donors (Lipinski definition) is 1. The Hall–Kier alpha value is -1.72. The van der Waals surface area contributed by atoms with E-state index in [-0.39, 0.29) is 5.82 Å². The van der Waals surface area contributed by atoms with Crippen molar-refractivity contribution >= 4 is 27.0 Å². The first-order chi connectivity index (χ1) is 9.67. The molecule has 0 aliphatic heterocycles. The maximum Gasteiger partial charge on any atom is 0.140 e. The highest BCUT2D eigenvalue weighted by Crippen LogP contribution is 2.21. The van der Waals surface area contributed by atoms with Crippen molar-refractivity contribution in [1.82, 2.24) is 9.55 Å². The quantitative estimate of drug-likeness (QED) is 0.797. The maximum atomic E-state index is 13.4. The number of nitrogens with two attached hydrogens (primary N) is 1. The Kier molecular flexibility index (Phi) is 3.54. The summed E-state index contributed by atoms with van der Waals surface area (Å²) in [6, 6.07) is 8.77. The van der Waals surface area contributed by atoms with E-state index in [1.165, 1.54) is 12.1 Å². The lowest BCUT2D eigenvalue weighted by Crippen LogP contribution is -2.00. The molecule has 0 aliphatic rings. The van der Waals surface area contributed by atoms with Crippen LogP contribution in [-0.2, 0) is 13.1 Å². The Bertz CT molecular complexity index is 747. The molecular weight excluding hydrogens is 321 g/mol. The molecule has 0 fully saturated rings. The summed E-state index contributed by atoms with van der Waals surface area (Å²) in [5.41, 5.74) is 8.55. The van der Waals surface area contributed by atoms with Crippen LogP contribution in [0.4, 0.5) is 4.39 Å². The van der Waals surface area contributed by atoms with Crippen LogP contribution in [0, 0.1) is 5.82 Å². The van der Waals surface area contributed by atoms with E-state index in [2.05, 4.69) is 20.9 Å². The number of pyridine rings is 1. The second kappa shape index (κ2) is 5.34. The minimum atomic E-state index is -0.252. The molecule has 0 saturated heterocycles. The highest BCUT2D eigenvalue weighted by molar-refractivity contribution is 9.10. The Balaban J connectivity index is 2.06. The summed E-state index contributed by atoms with van der Waals surface area (Å²) in [4.78, 5) is 4.39. The van der Waals surface area contributed by atoms with Gasteiger partial charge in [-0.2, -0.15) is 0 Å². The van der Waals surface area contributed by atoms with Crippen molar-refractivity contribution in [2.75, 3.05) is 0 Å². The fourth-order valence-corrected chi connectivity index (χ4v) is 2.89. The molecule has 0 aliphatic carbocycles. The van der Waals surface area contributed by atoms with Crippen LogP contribution < -0.4 is 5.73 Å². The lowest BCUT2D eigenvalue weighted by molar-refractivity contribution is 0.623. The van der Waals surface area contributed by atoms with Crippen molar-refractivity contribution in [2.45, 2.75) is 13.1 Å². The van der Waals surface area contributed by atoms with Crippen molar-refractivity contribution in [3.05, 3.63) is 64.1 Å². The van der Waals surface area contributed by atoms with Gasteiger partial charge in [0, 0.05) is 35.3 Å². The van der Waals surface area contributed by atoms with Gasteiger partial charge in [-0.15, -0.1) is 0 Å². The minimum absolute atomic E-state index is 0.252. The van der Waals surface area contributed by atoms with Crippen LogP contribution in [0.3, 0.4) is 0 Å². The summed E-state index contributed by atoms with van der Waals surface area (Å²) in [5, 5.41) is 1.05. The van der Waals surface area contributed by atoms with Crippen LogP contribution >= 0.6 is 15.9 Å². The Morgan fingerprint density at radius 2 is 2.15 bits per heavy atom. The lowest BCUT2D eigenvalue weighted by atomic mass is 10.2. The average Bonchev–Trinajstić information content (AvgIpc) is 2.76. The number of halogens is 2. The molecule has 0 bridgehead atoms. The second-order valence-electron chi connectivity index (χ2n) is 4.64. The highest BCUT2D eigenvalue weighted by Gasteiger charge is 2.09.